The molecule has 0 saturated carbocycles. The molecule has 4 aromatic rings. The van der Waals surface area contributed by atoms with Gasteiger partial charge in [-0.25, -0.2) is 4.79 Å². The third-order valence-corrected chi connectivity index (χ3v) is 5.98. The van der Waals surface area contributed by atoms with E-state index in [0.717, 1.165) is 27.8 Å². The van der Waals surface area contributed by atoms with Gasteiger partial charge in [0.15, 0.2) is 0 Å². The maximum atomic E-state index is 13.2. The minimum absolute atomic E-state index is 0.0591. The summed E-state index contributed by atoms with van der Waals surface area (Å²) in [5.74, 6) is -0.0591. The van der Waals surface area contributed by atoms with Crippen LogP contribution in [0.3, 0.4) is 0 Å². The third-order valence-electron chi connectivity index (χ3n) is 5.61. The van der Waals surface area contributed by atoms with Crippen molar-refractivity contribution < 1.29 is 9.21 Å². The van der Waals surface area contributed by atoms with Crippen molar-refractivity contribution in [3.05, 3.63) is 110 Å². The van der Waals surface area contributed by atoms with Gasteiger partial charge < -0.3 is 14.6 Å². The van der Waals surface area contributed by atoms with E-state index in [1.165, 1.54) is 6.07 Å². The standard InChI is InChI=1S/C25H19ClN2O3/c1-15-12-23(29)31-22-13-17(10-11-18(15)22)27-24-19-7-3-4-8-20(19)25(30)28(24)14-16-6-2-5-9-21(16)26/h2-13,24,27H,14H2,1H3/t24-/m1/s1. The molecule has 154 valence electrons. The number of aryl methyl sites for hydroxylation is 1. The molecular weight excluding hydrogens is 412 g/mol. The molecule has 31 heavy (non-hydrogen) atoms. The Labute approximate surface area is 183 Å². The van der Waals surface area contributed by atoms with E-state index in [9.17, 15) is 9.59 Å². The molecule has 0 radical (unpaired) electrons. The number of carbonyl (C=O) groups is 1. The van der Waals surface area contributed by atoms with Gasteiger partial charge in [0.05, 0.1) is 0 Å². The van der Waals surface area contributed by atoms with Crippen molar-refractivity contribution in [3.63, 3.8) is 0 Å². The zero-order chi connectivity index (χ0) is 21.5. The Hall–Kier alpha value is -3.57. The normalized spacial score (nSPS) is 15.4. The summed E-state index contributed by atoms with van der Waals surface area (Å²) in [6.07, 6.45) is -0.381. The van der Waals surface area contributed by atoms with Crippen molar-refractivity contribution in [2.75, 3.05) is 5.32 Å². The number of nitrogens with one attached hydrogen (secondary N) is 1. The highest BCUT2D eigenvalue weighted by Gasteiger charge is 2.36. The van der Waals surface area contributed by atoms with Gasteiger partial charge in [-0.1, -0.05) is 48.0 Å². The van der Waals surface area contributed by atoms with Crippen LogP contribution < -0.4 is 10.9 Å². The van der Waals surface area contributed by atoms with E-state index in [1.54, 1.807) is 11.0 Å². The van der Waals surface area contributed by atoms with E-state index >= 15 is 0 Å². The summed E-state index contributed by atoms with van der Waals surface area (Å²) in [5.41, 5.74) is 4.16. The van der Waals surface area contributed by atoms with Crippen LogP contribution >= 0.6 is 11.6 Å². The fourth-order valence-corrected chi connectivity index (χ4v) is 4.27. The van der Waals surface area contributed by atoms with E-state index in [-0.39, 0.29) is 17.7 Å². The Kier molecular flexibility index (Phi) is 4.75. The zero-order valence-corrected chi connectivity index (χ0v) is 17.5. The number of amides is 1. The summed E-state index contributed by atoms with van der Waals surface area (Å²) < 4.78 is 5.38. The Balaban J connectivity index is 1.54. The second-order valence-corrected chi connectivity index (χ2v) is 8.03. The second kappa shape index (κ2) is 7.60. The van der Waals surface area contributed by atoms with E-state index in [4.69, 9.17) is 16.0 Å². The number of benzene rings is 3. The number of carbonyl (C=O) groups excluding carboxylic acids is 1. The minimum Gasteiger partial charge on any atom is -0.423 e. The minimum atomic E-state index is -0.385. The Morgan fingerprint density at radius 1 is 1.00 bits per heavy atom. The lowest BCUT2D eigenvalue weighted by Crippen LogP contribution is -2.32. The Morgan fingerprint density at radius 3 is 2.61 bits per heavy atom. The molecule has 1 aliphatic rings. The zero-order valence-electron chi connectivity index (χ0n) is 16.8. The van der Waals surface area contributed by atoms with Crippen LogP contribution in [0, 0.1) is 6.92 Å². The van der Waals surface area contributed by atoms with Crippen LogP contribution in [0.4, 0.5) is 5.69 Å². The number of nitrogens with zero attached hydrogens (tertiary/aromatic N) is 1. The van der Waals surface area contributed by atoms with Gasteiger partial charge in [-0.2, -0.15) is 0 Å². The smallest absolute Gasteiger partial charge is 0.336 e. The molecule has 1 aromatic heterocycles. The van der Waals surface area contributed by atoms with Gasteiger partial charge in [-0.15, -0.1) is 0 Å². The topological polar surface area (TPSA) is 62.6 Å². The number of fused-ring (bicyclic) bond motifs is 2. The van der Waals surface area contributed by atoms with Crippen molar-refractivity contribution in [3.8, 4) is 0 Å². The van der Waals surface area contributed by atoms with Gasteiger partial charge in [0.1, 0.15) is 11.7 Å². The summed E-state index contributed by atoms with van der Waals surface area (Å²) in [6, 6.07) is 22.2. The largest absolute Gasteiger partial charge is 0.423 e. The van der Waals surface area contributed by atoms with Crippen molar-refractivity contribution in [1.82, 2.24) is 4.90 Å². The molecular formula is C25H19ClN2O3. The molecule has 1 atom stereocenters. The van der Waals surface area contributed by atoms with Crippen LogP contribution in [0.15, 0.2) is 82.0 Å². The molecule has 5 nitrogen and oxygen atoms in total. The number of hydrogen-bond donors (Lipinski definition) is 1. The number of anilines is 1. The molecule has 0 spiro atoms. The van der Waals surface area contributed by atoms with Crippen LogP contribution in [0.1, 0.15) is 33.2 Å². The quantitative estimate of drug-likeness (QED) is 0.433. The first-order valence-electron chi connectivity index (χ1n) is 9.95. The maximum absolute atomic E-state index is 13.2. The van der Waals surface area contributed by atoms with Gasteiger partial charge in [-0.3, -0.25) is 4.79 Å². The monoisotopic (exact) mass is 430 g/mol. The van der Waals surface area contributed by atoms with Crippen LogP contribution in [0.25, 0.3) is 11.0 Å². The predicted molar refractivity (Wildman–Crippen MR) is 121 cm³/mol. The molecule has 1 N–H and O–H groups in total. The molecule has 0 bridgehead atoms. The molecule has 1 aliphatic heterocycles. The van der Waals surface area contributed by atoms with Gasteiger partial charge in [-0.05, 0) is 42.3 Å². The highest BCUT2D eigenvalue weighted by Crippen LogP contribution is 2.36. The van der Waals surface area contributed by atoms with Gasteiger partial charge in [0.25, 0.3) is 5.91 Å². The fourth-order valence-electron chi connectivity index (χ4n) is 4.07. The van der Waals surface area contributed by atoms with Gasteiger partial charge in [0.2, 0.25) is 0 Å². The molecule has 0 aliphatic carbocycles. The molecule has 0 saturated heterocycles. The van der Waals surface area contributed by atoms with Crippen LogP contribution in [-0.2, 0) is 6.54 Å². The van der Waals surface area contributed by atoms with E-state index in [2.05, 4.69) is 5.32 Å². The number of hydrogen-bond acceptors (Lipinski definition) is 4. The summed E-state index contributed by atoms with van der Waals surface area (Å²) in [4.78, 5) is 26.8. The lowest BCUT2D eigenvalue weighted by molar-refractivity contribution is 0.0729. The SMILES string of the molecule is Cc1cc(=O)oc2cc(N[C@H]3c4ccccc4C(=O)N3Cc3ccccc3Cl)ccc12. The van der Waals surface area contributed by atoms with Gasteiger partial charge in [0, 0.05) is 45.9 Å². The number of halogens is 1. The average Bonchev–Trinajstić information content (AvgIpc) is 3.01. The van der Waals surface area contributed by atoms with Crippen molar-refractivity contribution >= 4 is 34.2 Å². The second-order valence-electron chi connectivity index (χ2n) is 7.62. The molecule has 0 fully saturated rings. The van der Waals surface area contributed by atoms with Crippen LogP contribution in [-0.4, -0.2) is 10.8 Å². The van der Waals surface area contributed by atoms with Crippen LogP contribution in [0.5, 0.6) is 0 Å². The van der Waals surface area contributed by atoms with E-state index in [1.807, 2.05) is 67.6 Å². The van der Waals surface area contributed by atoms with E-state index in [0.29, 0.717) is 22.7 Å². The molecule has 2 heterocycles. The lowest BCUT2D eigenvalue weighted by Gasteiger charge is -2.27. The first kappa shape index (κ1) is 19.4. The van der Waals surface area contributed by atoms with E-state index < -0.39 is 0 Å². The Morgan fingerprint density at radius 2 is 1.77 bits per heavy atom. The predicted octanol–water partition coefficient (Wildman–Crippen LogP) is 5.52. The van der Waals surface area contributed by atoms with Crippen molar-refractivity contribution in [2.45, 2.75) is 19.6 Å². The molecule has 3 aromatic carbocycles. The molecule has 5 rings (SSSR count). The maximum Gasteiger partial charge on any atom is 0.336 e. The number of rotatable bonds is 4. The van der Waals surface area contributed by atoms with Crippen molar-refractivity contribution in [2.24, 2.45) is 0 Å². The molecule has 6 heteroatoms. The fraction of sp³-hybridized carbons (Fsp3) is 0.120. The summed E-state index contributed by atoms with van der Waals surface area (Å²) in [5, 5.41) is 4.94. The van der Waals surface area contributed by atoms with Crippen molar-refractivity contribution in [1.29, 1.82) is 0 Å². The summed E-state index contributed by atoms with van der Waals surface area (Å²) >= 11 is 6.36. The van der Waals surface area contributed by atoms with Crippen LogP contribution in [0.2, 0.25) is 5.02 Å². The highest BCUT2D eigenvalue weighted by atomic mass is 35.5. The summed E-state index contributed by atoms with van der Waals surface area (Å²) in [6.45, 7) is 2.25. The first-order chi connectivity index (χ1) is 15.0. The third kappa shape index (κ3) is 3.47. The molecule has 0 unspecified atom stereocenters. The van der Waals surface area contributed by atoms with Gasteiger partial charge >= 0.3 is 5.63 Å². The lowest BCUT2D eigenvalue weighted by atomic mass is 10.1. The Bertz CT molecular complexity index is 1380. The highest BCUT2D eigenvalue weighted by molar-refractivity contribution is 6.31. The molecule has 1 amide bonds. The first-order valence-corrected chi connectivity index (χ1v) is 10.3. The average molecular weight is 431 g/mol. The summed E-state index contributed by atoms with van der Waals surface area (Å²) in [7, 11) is 0.